The highest BCUT2D eigenvalue weighted by atomic mass is 79.9. The van der Waals surface area contributed by atoms with Crippen LogP contribution in [-0.4, -0.2) is 16.0 Å². The van der Waals surface area contributed by atoms with Crippen LogP contribution in [0.5, 0.6) is 0 Å². The summed E-state index contributed by atoms with van der Waals surface area (Å²) in [5.41, 5.74) is 5.85. The number of rotatable bonds is 7. The van der Waals surface area contributed by atoms with Gasteiger partial charge in [-0.3, -0.25) is 0 Å². The second kappa shape index (κ2) is 8.19. The number of aldehydes is 1. The van der Waals surface area contributed by atoms with Gasteiger partial charge in [0, 0.05) is 34.0 Å². The SMILES string of the molecule is Cc1c(C[C@@H](C)CC=O)c2cc(CO)ccc2n1Cc1ccc(Br)cc1. The van der Waals surface area contributed by atoms with Crippen LogP contribution in [0.15, 0.2) is 46.9 Å². The number of nitrogens with zero attached hydrogens (tertiary/aromatic N) is 1. The van der Waals surface area contributed by atoms with Crippen molar-refractivity contribution >= 4 is 33.1 Å². The van der Waals surface area contributed by atoms with Gasteiger partial charge in [-0.1, -0.05) is 41.1 Å². The van der Waals surface area contributed by atoms with Gasteiger partial charge in [-0.15, -0.1) is 0 Å². The van der Waals surface area contributed by atoms with E-state index in [0.717, 1.165) is 29.3 Å². The Morgan fingerprint density at radius 2 is 1.85 bits per heavy atom. The average molecular weight is 414 g/mol. The first-order chi connectivity index (χ1) is 12.5. The van der Waals surface area contributed by atoms with E-state index in [9.17, 15) is 9.90 Å². The minimum Gasteiger partial charge on any atom is -0.392 e. The van der Waals surface area contributed by atoms with Crippen LogP contribution in [0.2, 0.25) is 0 Å². The summed E-state index contributed by atoms with van der Waals surface area (Å²) in [6.07, 6.45) is 2.43. The third-order valence-corrected chi connectivity index (χ3v) is 5.53. The van der Waals surface area contributed by atoms with Crippen LogP contribution >= 0.6 is 15.9 Å². The average Bonchev–Trinajstić information content (AvgIpc) is 2.89. The molecule has 1 atom stereocenters. The fraction of sp³-hybridized carbons (Fsp3) is 0.318. The van der Waals surface area contributed by atoms with Crippen molar-refractivity contribution in [3.8, 4) is 0 Å². The molecule has 0 saturated carbocycles. The Morgan fingerprint density at radius 3 is 2.50 bits per heavy atom. The van der Waals surface area contributed by atoms with Gasteiger partial charge in [0.25, 0.3) is 0 Å². The van der Waals surface area contributed by atoms with Crippen LogP contribution in [0.25, 0.3) is 10.9 Å². The van der Waals surface area contributed by atoms with Crippen LogP contribution < -0.4 is 0 Å². The maximum absolute atomic E-state index is 10.9. The minimum atomic E-state index is 0.0379. The lowest BCUT2D eigenvalue weighted by molar-refractivity contribution is -0.108. The van der Waals surface area contributed by atoms with Gasteiger partial charge in [-0.2, -0.15) is 0 Å². The molecule has 0 fully saturated rings. The van der Waals surface area contributed by atoms with Gasteiger partial charge < -0.3 is 14.5 Å². The maximum Gasteiger partial charge on any atom is 0.120 e. The van der Waals surface area contributed by atoms with Crippen LogP contribution in [0.3, 0.4) is 0 Å². The van der Waals surface area contributed by atoms with E-state index < -0.39 is 0 Å². The lowest BCUT2D eigenvalue weighted by Crippen LogP contribution is -2.05. The molecular weight excluding hydrogens is 390 g/mol. The Bertz CT molecular complexity index is 912. The summed E-state index contributed by atoms with van der Waals surface area (Å²) in [6.45, 7) is 5.11. The number of aliphatic hydroxyl groups excluding tert-OH is 1. The molecule has 136 valence electrons. The van der Waals surface area contributed by atoms with E-state index in [1.54, 1.807) is 0 Å². The first-order valence-electron chi connectivity index (χ1n) is 8.93. The zero-order chi connectivity index (χ0) is 18.7. The molecule has 0 aliphatic heterocycles. The Kier molecular flexibility index (Phi) is 5.94. The zero-order valence-electron chi connectivity index (χ0n) is 15.2. The van der Waals surface area contributed by atoms with Gasteiger partial charge in [0.1, 0.15) is 6.29 Å². The monoisotopic (exact) mass is 413 g/mol. The molecule has 26 heavy (non-hydrogen) atoms. The van der Waals surface area contributed by atoms with Crippen molar-refractivity contribution in [1.29, 1.82) is 0 Å². The molecule has 0 bridgehead atoms. The quantitative estimate of drug-likeness (QED) is 0.552. The zero-order valence-corrected chi connectivity index (χ0v) is 16.8. The van der Waals surface area contributed by atoms with Crippen molar-refractivity contribution in [1.82, 2.24) is 4.57 Å². The normalized spacial score (nSPS) is 12.5. The highest BCUT2D eigenvalue weighted by molar-refractivity contribution is 9.10. The van der Waals surface area contributed by atoms with Gasteiger partial charge in [0.15, 0.2) is 0 Å². The second-order valence-corrected chi connectivity index (χ2v) is 7.91. The van der Waals surface area contributed by atoms with Crippen molar-refractivity contribution in [2.45, 2.75) is 39.8 Å². The Hall–Kier alpha value is -1.91. The molecule has 1 heterocycles. The Balaban J connectivity index is 2.08. The van der Waals surface area contributed by atoms with Crippen molar-refractivity contribution in [3.63, 3.8) is 0 Å². The van der Waals surface area contributed by atoms with Crippen LogP contribution in [0.4, 0.5) is 0 Å². The summed E-state index contributed by atoms with van der Waals surface area (Å²) < 4.78 is 3.41. The number of carbonyl (C=O) groups is 1. The molecule has 0 saturated heterocycles. The third-order valence-electron chi connectivity index (χ3n) is 5.01. The second-order valence-electron chi connectivity index (χ2n) is 7.00. The standard InChI is InChI=1S/C22H24BrNO2/c1-15(9-10-25)11-20-16(2)24(13-17-3-6-19(23)7-4-17)22-8-5-18(14-26)12-21(20)22/h3-8,10,12,15,26H,9,11,13-14H2,1-2H3/t15-/m0/s1. The first kappa shape index (κ1) is 18.9. The molecule has 0 aliphatic carbocycles. The number of aliphatic hydroxyl groups is 1. The molecule has 3 rings (SSSR count). The fourth-order valence-corrected chi connectivity index (χ4v) is 3.79. The van der Waals surface area contributed by atoms with Gasteiger partial charge in [0.2, 0.25) is 0 Å². The lowest BCUT2D eigenvalue weighted by Gasteiger charge is -2.11. The lowest BCUT2D eigenvalue weighted by atomic mass is 9.96. The van der Waals surface area contributed by atoms with Gasteiger partial charge in [0.05, 0.1) is 6.61 Å². The third kappa shape index (κ3) is 3.92. The molecule has 0 aliphatic rings. The Morgan fingerprint density at radius 1 is 1.15 bits per heavy atom. The van der Waals surface area contributed by atoms with Crippen LogP contribution in [-0.2, 0) is 24.4 Å². The summed E-state index contributed by atoms with van der Waals surface area (Å²) in [7, 11) is 0. The van der Waals surface area contributed by atoms with Crippen LogP contribution in [0.1, 0.15) is 35.7 Å². The molecule has 0 unspecified atom stereocenters. The van der Waals surface area contributed by atoms with Gasteiger partial charge in [-0.25, -0.2) is 0 Å². The summed E-state index contributed by atoms with van der Waals surface area (Å²) >= 11 is 3.49. The highest BCUT2D eigenvalue weighted by Gasteiger charge is 2.17. The number of hydrogen-bond donors (Lipinski definition) is 1. The van der Waals surface area contributed by atoms with E-state index in [-0.39, 0.29) is 6.61 Å². The number of halogens is 1. The van der Waals surface area contributed by atoms with Crippen molar-refractivity contribution in [2.75, 3.05) is 0 Å². The number of hydrogen-bond acceptors (Lipinski definition) is 2. The smallest absolute Gasteiger partial charge is 0.120 e. The van der Waals surface area contributed by atoms with E-state index >= 15 is 0 Å². The first-order valence-corrected chi connectivity index (χ1v) is 9.72. The van der Waals surface area contributed by atoms with Gasteiger partial charge in [-0.05, 0) is 60.2 Å². The van der Waals surface area contributed by atoms with Crippen LogP contribution in [0, 0.1) is 12.8 Å². The van der Waals surface area contributed by atoms with E-state index in [2.05, 4.69) is 70.7 Å². The molecule has 3 nitrogen and oxygen atoms in total. The molecule has 1 N–H and O–H groups in total. The molecular formula is C22H24BrNO2. The fourth-order valence-electron chi connectivity index (χ4n) is 3.53. The molecule has 2 aromatic carbocycles. The van der Waals surface area contributed by atoms with E-state index in [0.29, 0.717) is 12.3 Å². The predicted molar refractivity (Wildman–Crippen MR) is 109 cm³/mol. The summed E-state index contributed by atoms with van der Waals surface area (Å²) in [6, 6.07) is 14.6. The summed E-state index contributed by atoms with van der Waals surface area (Å²) in [4.78, 5) is 10.9. The van der Waals surface area contributed by atoms with E-state index in [1.807, 2.05) is 6.07 Å². The number of benzene rings is 2. The van der Waals surface area contributed by atoms with Gasteiger partial charge >= 0.3 is 0 Å². The topological polar surface area (TPSA) is 42.2 Å². The summed E-state index contributed by atoms with van der Waals surface area (Å²) in [5.74, 6) is 0.302. The maximum atomic E-state index is 10.9. The highest BCUT2D eigenvalue weighted by Crippen LogP contribution is 2.30. The largest absolute Gasteiger partial charge is 0.392 e. The number of fused-ring (bicyclic) bond motifs is 1. The van der Waals surface area contributed by atoms with Crippen molar-refractivity contribution in [3.05, 3.63) is 69.3 Å². The molecule has 4 heteroatoms. The van der Waals surface area contributed by atoms with Crippen molar-refractivity contribution in [2.24, 2.45) is 5.92 Å². The van der Waals surface area contributed by atoms with E-state index in [4.69, 9.17) is 0 Å². The molecule has 0 amide bonds. The molecule has 0 spiro atoms. The molecule has 0 radical (unpaired) electrons. The predicted octanol–water partition coefficient (Wildman–Crippen LogP) is 5.02. The number of carbonyl (C=O) groups excluding carboxylic acids is 1. The van der Waals surface area contributed by atoms with Crippen molar-refractivity contribution < 1.29 is 9.90 Å². The number of aromatic nitrogens is 1. The molecule has 3 aromatic rings. The summed E-state index contributed by atoms with van der Waals surface area (Å²) in [5, 5.41) is 10.7. The minimum absolute atomic E-state index is 0.0379. The molecule has 1 aromatic heterocycles. The Labute approximate surface area is 162 Å². The van der Waals surface area contributed by atoms with E-state index in [1.165, 1.54) is 27.7 Å².